The predicted octanol–water partition coefficient (Wildman–Crippen LogP) is 23.9. The molecule has 0 bridgehead atoms. The van der Waals surface area contributed by atoms with Crippen LogP contribution < -0.4 is 5.32 Å². The average Bonchev–Trinajstić information content (AvgIpc) is 3.46. The van der Waals surface area contributed by atoms with Gasteiger partial charge in [0.2, 0.25) is 5.91 Å². The van der Waals surface area contributed by atoms with Gasteiger partial charge in [0, 0.05) is 12.8 Å². The Morgan fingerprint density at radius 1 is 0.338 bits per heavy atom. The molecule has 476 valence electrons. The molecule has 80 heavy (non-hydrogen) atoms. The number of aliphatic hydroxyl groups excluding tert-OH is 2. The summed E-state index contributed by atoms with van der Waals surface area (Å²) in [5.74, 6) is -0.0176. The van der Waals surface area contributed by atoms with Crippen LogP contribution in [0.25, 0.3) is 0 Å². The van der Waals surface area contributed by atoms with E-state index in [-0.39, 0.29) is 18.5 Å². The Bertz CT molecular complexity index is 1210. The van der Waals surface area contributed by atoms with E-state index in [2.05, 4.69) is 31.3 Å². The topological polar surface area (TPSA) is 95.9 Å². The number of unbranched alkanes of at least 4 members (excludes halogenated alkanes) is 57. The van der Waals surface area contributed by atoms with Crippen molar-refractivity contribution in [3.8, 4) is 0 Å². The Balaban J connectivity index is 3.36. The van der Waals surface area contributed by atoms with Crippen molar-refractivity contribution in [1.82, 2.24) is 5.32 Å². The number of esters is 1. The third-order valence-corrected chi connectivity index (χ3v) is 17.6. The van der Waals surface area contributed by atoms with Gasteiger partial charge in [-0.2, -0.15) is 0 Å². The maximum absolute atomic E-state index is 12.6. The minimum atomic E-state index is -0.664. The molecule has 0 rings (SSSR count). The second-order valence-corrected chi connectivity index (χ2v) is 25.6. The highest BCUT2D eigenvalue weighted by Gasteiger charge is 2.20. The number of rotatable bonds is 70. The number of carbonyl (C=O) groups excluding carboxylic acids is 2. The van der Waals surface area contributed by atoms with E-state index < -0.39 is 12.1 Å². The second kappa shape index (κ2) is 70.1. The Kier molecular flexibility index (Phi) is 68.9. The molecule has 0 aromatic carbocycles. The summed E-state index contributed by atoms with van der Waals surface area (Å²) < 4.78 is 5.50. The molecule has 0 spiro atoms. The number of allylic oxidation sites excluding steroid dienone is 2. The van der Waals surface area contributed by atoms with Crippen molar-refractivity contribution in [2.45, 2.75) is 437 Å². The number of aliphatic hydroxyl groups is 2. The minimum absolute atomic E-state index is 0.0104. The summed E-state index contributed by atoms with van der Waals surface area (Å²) >= 11 is 0. The fourth-order valence-corrected chi connectivity index (χ4v) is 11.9. The molecule has 2 atom stereocenters. The smallest absolute Gasteiger partial charge is 0.305 e. The maximum Gasteiger partial charge on any atom is 0.305 e. The van der Waals surface area contributed by atoms with Crippen LogP contribution >= 0.6 is 0 Å². The van der Waals surface area contributed by atoms with Gasteiger partial charge in [0.15, 0.2) is 0 Å². The quantitative estimate of drug-likeness (QED) is 0.0320. The van der Waals surface area contributed by atoms with Crippen LogP contribution in [0.5, 0.6) is 0 Å². The normalized spacial score (nSPS) is 12.5. The van der Waals surface area contributed by atoms with Gasteiger partial charge in [0.25, 0.3) is 0 Å². The third kappa shape index (κ3) is 65.7. The highest BCUT2D eigenvalue weighted by atomic mass is 16.5. The van der Waals surface area contributed by atoms with Gasteiger partial charge in [-0.3, -0.25) is 9.59 Å². The molecule has 6 nitrogen and oxygen atoms in total. The number of ether oxygens (including phenoxy) is 1. The van der Waals surface area contributed by atoms with Gasteiger partial charge in [0.1, 0.15) is 0 Å². The lowest BCUT2D eigenvalue weighted by Crippen LogP contribution is -2.45. The van der Waals surface area contributed by atoms with Gasteiger partial charge in [-0.15, -0.1) is 0 Å². The van der Waals surface area contributed by atoms with E-state index in [0.29, 0.717) is 25.9 Å². The number of nitrogens with one attached hydrogen (secondary N) is 1. The zero-order chi connectivity index (χ0) is 57.8. The van der Waals surface area contributed by atoms with E-state index in [1.807, 2.05) is 0 Å². The van der Waals surface area contributed by atoms with Crippen LogP contribution in [0, 0.1) is 0 Å². The van der Waals surface area contributed by atoms with Crippen LogP contribution in [0.15, 0.2) is 12.2 Å². The Morgan fingerprint density at radius 2 is 0.588 bits per heavy atom. The summed E-state index contributed by atoms with van der Waals surface area (Å²) in [6.45, 7) is 5.00. The molecule has 0 saturated carbocycles. The highest BCUT2D eigenvalue weighted by Crippen LogP contribution is 2.20. The lowest BCUT2D eigenvalue weighted by molar-refractivity contribution is -0.143. The number of hydrogen-bond donors (Lipinski definition) is 3. The van der Waals surface area contributed by atoms with Gasteiger partial charge in [-0.1, -0.05) is 373 Å². The summed E-state index contributed by atoms with van der Waals surface area (Å²) in [4.78, 5) is 24.6. The average molecular weight is 1130 g/mol. The lowest BCUT2D eigenvalue weighted by atomic mass is 10.0. The van der Waals surface area contributed by atoms with Crippen molar-refractivity contribution >= 4 is 11.9 Å². The molecule has 0 heterocycles. The number of carbonyl (C=O) groups is 2. The first kappa shape index (κ1) is 78.6. The Hall–Kier alpha value is -1.40. The fraction of sp³-hybridized carbons (Fsp3) is 0.946. The second-order valence-electron chi connectivity index (χ2n) is 25.6. The largest absolute Gasteiger partial charge is 0.466 e. The molecule has 0 aliphatic rings. The molecule has 0 fully saturated rings. The minimum Gasteiger partial charge on any atom is -0.466 e. The molecule has 0 aliphatic carbocycles. The SMILES string of the molecule is CCCCCCCCC/C=C\CCCCCCCC(=O)OCCCCCCCCCCCCCCCCCCCCCCCCCCCC(=O)NC(CO)C(O)CCCCCCCCCCCCCCCCCCCCCCCC. The molecule has 6 heteroatoms. The molecule has 0 aliphatic heterocycles. The summed E-state index contributed by atoms with van der Waals surface area (Å²) in [6, 6.07) is -0.541. The van der Waals surface area contributed by atoms with Crippen molar-refractivity contribution in [3.05, 3.63) is 12.2 Å². The molecule has 3 N–H and O–H groups in total. The van der Waals surface area contributed by atoms with E-state index in [4.69, 9.17) is 4.74 Å². The fourth-order valence-electron chi connectivity index (χ4n) is 11.9. The Labute approximate surface area is 501 Å². The van der Waals surface area contributed by atoms with Crippen molar-refractivity contribution in [3.63, 3.8) is 0 Å². The first-order valence-corrected chi connectivity index (χ1v) is 36.9. The van der Waals surface area contributed by atoms with Crippen molar-refractivity contribution in [1.29, 1.82) is 0 Å². The van der Waals surface area contributed by atoms with Gasteiger partial charge < -0.3 is 20.3 Å². The lowest BCUT2D eigenvalue weighted by Gasteiger charge is -2.22. The Morgan fingerprint density at radius 3 is 0.887 bits per heavy atom. The zero-order valence-electron chi connectivity index (χ0n) is 54.6. The summed E-state index contributed by atoms with van der Waals surface area (Å²) in [6.07, 6.45) is 87.0. The predicted molar refractivity (Wildman–Crippen MR) is 352 cm³/mol. The molecule has 0 radical (unpaired) electrons. The van der Waals surface area contributed by atoms with Gasteiger partial charge >= 0.3 is 5.97 Å². The van der Waals surface area contributed by atoms with E-state index in [9.17, 15) is 19.8 Å². The van der Waals surface area contributed by atoms with Crippen molar-refractivity contribution < 1.29 is 24.5 Å². The first-order valence-electron chi connectivity index (χ1n) is 36.9. The number of amides is 1. The molecule has 2 unspecified atom stereocenters. The molecule has 1 amide bonds. The van der Waals surface area contributed by atoms with E-state index in [1.165, 1.54) is 347 Å². The van der Waals surface area contributed by atoms with Gasteiger partial charge in [0.05, 0.1) is 25.4 Å². The van der Waals surface area contributed by atoms with Crippen LogP contribution in [0.2, 0.25) is 0 Å². The highest BCUT2D eigenvalue weighted by molar-refractivity contribution is 5.76. The van der Waals surface area contributed by atoms with Crippen LogP contribution in [0.3, 0.4) is 0 Å². The third-order valence-electron chi connectivity index (χ3n) is 17.6. The van der Waals surface area contributed by atoms with Crippen LogP contribution in [0.4, 0.5) is 0 Å². The summed E-state index contributed by atoms with van der Waals surface area (Å²) in [5, 5.41) is 23.4. The van der Waals surface area contributed by atoms with Crippen LogP contribution in [-0.4, -0.2) is 47.4 Å². The molecular weight excluding hydrogens is 983 g/mol. The molecule has 0 aromatic heterocycles. The molecular formula is C74H145NO5. The van der Waals surface area contributed by atoms with Crippen LogP contribution in [0.1, 0.15) is 425 Å². The summed E-state index contributed by atoms with van der Waals surface area (Å²) in [7, 11) is 0. The van der Waals surface area contributed by atoms with Crippen LogP contribution in [-0.2, 0) is 14.3 Å². The van der Waals surface area contributed by atoms with Gasteiger partial charge in [-0.05, 0) is 51.4 Å². The molecule has 0 saturated heterocycles. The summed E-state index contributed by atoms with van der Waals surface area (Å²) in [5.41, 5.74) is 0. The zero-order valence-corrected chi connectivity index (χ0v) is 54.6. The monoisotopic (exact) mass is 1130 g/mol. The van der Waals surface area contributed by atoms with Gasteiger partial charge in [-0.25, -0.2) is 0 Å². The molecule has 0 aromatic rings. The van der Waals surface area contributed by atoms with E-state index in [0.717, 1.165) is 44.9 Å². The van der Waals surface area contributed by atoms with E-state index in [1.54, 1.807) is 0 Å². The van der Waals surface area contributed by atoms with Crippen molar-refractivity contribution in [2.24, 2.45) is 0 Å². The number of hydrogen-bond acceptors (Lipinski definition) is 5. The van der Waals surface area contributed by atoms with E-state index >= 15 is 0 Å². The first-order chi connectivity index (χ1) is 39.5. The van der Waals surface area contributed by atoms with Crippen molar-refractivity contribution in [2.75, 3.05) is 13.2 Å². The standard InChI is InChI=1S/C74H145NO5/c1-3-5-7-9-11-13-15-17-19-21-22-23-29-32-35-38-42-46-50-54-58-62-66-72(77)71(70-76)75-73(78)67-63-59-55-51-47-43-39-36-33-30-27-25-24-26-28-31-34-37-41-45-49-53-57-61-65-69-80-74(79)68-64-60-56-52-48-44-40-20-18-16-14-12-10-8-6-4-2/h20,40,71-72,76-77H,3-19,21-39,41-70H2,1-2H3,(H,75,78)/b40-20-. The maximum atomic E-state index is 12.6.